The molecule has 116 valence electrons. The van der Waals surface area contributed by atoms with Gasteiger partial charge in [-0.05, 0) is 45.4 Å². The van der Waals surface area contributed by atoms with Gasteiger partial charge in [-0.25, -0.2) is 0 Å². The van der Waals surface area contributed by atoms with Crippen molar-refractivity contribution in [3.05, 3.63) is 0 Å². The number of nitrogens with one attached hydrogen (secondary N) is 1. The van der Waals surface area contributed by atoms with Gasteiger partial charge in [-0.2, -0.15) is 0 Å². The van der Waals surface area contributed by atoms with E-state index in [9.17, 15) is 4.79 Å². The number of hydrogen-bond donors (Lipinski definition) is 3. The van der Waals surface area contributed by atoms with E-state index in [1.807, 2.05) is 0 Å². The lowest BCUT2D eigenvalue weighted by Crippen LogP contribution is -2.62. The third-order valence-electron chi connectivity index (χ3n) is 4.54. The van der Waals surface area contributed by atoms with Crippen molar-refractivity contribution in [3.8, 4) is 0 Å². The molecule has 0 atom stereocenters. The molecule has 1 saturated carbocycles. The van der Waals surface area contributed by atoms with E-state index in [0.717, 1.165) is 19.3 Å². The molecule has 0 heterocycles. The Balaban J connectivity index is 2.90. The molecular formula is C14H27N3O3. The van der Waals surface area contributed by atoms with Crippen LogP contribution in [0.25, 0.3) is 0 Å². The standard InChI is InChI=1S/C14H27N3O3/c1-5-10-6-8-14(9-7-10,11(15)17-19)16-12(18)13(2,3)20-4/h10,19H,5-9H2,1-4H3,(H2,15,17)(H,16,18). The average Bonchev–Trinajstić information content (AvgIpc) is 2.46. The van der Waals surface area contributed by atoms with Crippen LogP contribution in [0.1, 0.15) is 52.9 Å². The molecule has 20 heavy (non-hydrogen) atoms. The Morgan fingerprint density at radius 1 is 1.50 bits per heavy atom. The van der Waals surface area contributed by atoms with Gasteiger partial charge in [0.1, 0.15) is 11.1 Å². The van der Waals surface area contributed by atoms with Crippen LogP contribution in [0.4, 0.5) is 0 Å². The molecule has 1 aliphatic rings. The number of methoxy groups -OCH3 is 1. The van der Waals surface area contributed by atoms with Crippen LogP contribution in [0.3, 0.4) is 0 Å². The lowest BCUT2D eigenvalue weighted by atomic mass is 9.74. The van der Waals surface area contributed by atoms with Crippen molar-refractivity contribution >= 4 is 11.7 Å². The van der Waals surface area contributed by atoms with Crippen LogP contribution in [-0.2, 0) is 9.53 Å². The number of nitrogens with zero attached hydrogens (tertiary/aromatic N) is 1. The molecule has 1 fully saturated rings. The van der Waals surface area contributed by atoms with Crippen molar-refractivity contribution in [2.45, 2.75) is 64.0 Å². The van der Waals surface area contributed by atoms with Gasteiger partial charge >= 0.3 is 0 Å². The Morgan fingerprint density at radius 3 is 2.45 bits per heavy atom. The SMILES string of the molecule is CCC1CCC(NC(=O)C(C)(C)OC)(C(N)=NO)CC1. The minimum Gasteiger partial charge on any atom is -0.409 e. The molecule has 0 bridgehead atoms. The van der Waals surface area contributed by atoms with E-state index in [0.29, 0.717) is 18.8 Å². The summed E-state index contributed by atoms with van der Waals surface area (Å²) in [5.74, 6) is 0.468. The Labute approximate surface area is 120 Å². The summed E-state index contributed by atoms with van der Waals surface area (Å²) in [7, 11) is 1.49. The fraction of sp³-hybridized carbons (Fsp3) is 0.857. The molecule has 0 radical (unpaired) electrons. The number of nitrogens with two attached hydrogens (primary N) is 1. The fourth-order valence-corrected chi connectivity index (χ4v) is 2.58. The Hall–Kier alpha value is -1.30. The Morgan fingerprint density at radius 2 is 2.05 bits per heavy atom. The first-order valence-electron chi connectivity index (χ1n) is 7.17. The van der Waals surface area contributed by atoms with Gasteiger partial charge < -0.3 is 21.0 Å². The van der Waals surface area contributed by atoms with Gasteiger partial charge in [0.2, 0.25) is 0 Å². The second-order valence-corrected chi connectivity index (χ2v) is 6.09. The molecule has 0 aromatic carbocycles. The summed E-state index contributed by atoms with van der Waals surface area (Å²) < 4.78 is 5.19. The van der Waals surface area contributed by atoms with Crippen molar-refractivity contribution < 1.29 is 14.7 Å². The summed E-state index contributed by atoms with van der Waals surface area (Å²) >= 11 is 0. The highest BCUT2D eigenvalue weighted by Crippen LogP contribution is 2.34. The summed E-state index contributed by atoms with van der Waals surface area (Å²) in [5.41, 5.74) is 4.15. The van der Waals surface area contributed by atoms with Crippen LogP contribution in [0.15, 0.2) is 5.16 Å². The normalized spacial score (nSPS) is 28.2. The van der Waals surface area contributed by atoms with E-state index in [1.165, 1.54) is 7.11 Å². The van der Waals surface area contributed by atoms with Crippen LogP contribution in [-0.4, -0.2) is 35.2 Å². The van der Waals surface area contributed by atoms with E-state index in [-0.39, 0.29) is 11.7 Å². The highest BCUT2D eigenvalue weighted by molar-refractivity contribution is 5.96. The highest BCUT2D eigenvalue weighted by atomic mass is 16.5. The topological polar surface area (TPSA) is 96.9 Å². The van der Waals surface area contributed by atoms with Crippen LogP contribution in [0.5, 0.6) is 0 Å². The Bertz CT molecular complexity index is 372. The fourth-order valence-electron chi connectivity index (χ4n) is 2.58. The minimum absolute atomic E-state index is 0.0762. The first-order chi connectivity index (χ1) is 9.31. The molecule has 4 N–H and O–H groups in total. The molecule has 6 nitrogen and oxygen atoms in total. The number of amidine groups is 1. The largest absolute Gasteiger partial charge is 0.409 e. The number of ether oxygens (including phenoxy) is 1. The van der Waals surface area contributed by atoms with Gasteiger partial charge in [-0.3, -0.25) is 4.79 Å². The van der Waals surface area contributed by atoms with Crippen LogP contribution in [0.2, 0.25) is 0 Å². The average molecular weight is 285 g/mol. The molecule has 0 aromatic heterocycles. The van der Waals surface area contributed by atoms with E-state index in [1.54, 1.807) is 13.8 Å². The quantitative estimate of drug-likeness (QED) is 0.309. The van der Waals surface area contributed by atoms with Crippen LogP contribution >= 0.6 is 0 Å². The number of rotatable bonds is 5. The zero-order valence-corrected chi connectivity index (χ0v) is 12.9. The monoisotopic (exact) mass is 285 g/mol. The van der Waals surface area contributed by atoms with Crippen LogP contribution < -0.4 is 11.1 Å². The number of amides is 1. The van der Waals surface area contributed by atoms with Gasteiger partial charge in [-0.15, -0.1) is 0 Å². The summed E-state index contributed by atoms with van der Waals surface area (Å²) in [4.78, 5) is 12.3. The molecule has 6 heteroatoms. The molecule has 0 unspecified atom stereocenters. The summed E-state index contributed by atoms with van der Waals surface area (Å²) in [6.45, 7) is 5.55. The molecule has 0 spiro atoms. The van der Waals surface area contributed by atoms with Gasteiger partial charge in [0.15, 0.2) is 5.84 Å². The number of carbonyl (C=O) groups is 1. The van der Waals surface area contributed by atoms with Crippen molar-refractivity contribution in [1.82, 2.24) is 5.32 Å². The smallest absolute Gasteiger partial charge is 0.252 e. The second kappa shape index (κ2) is 6.43. The maximum Gasteiger partial charge on any atom is 0.252 e. The number of carbonyl (C=O) groups excluding carboxylic acids is 1. The van der Waals surface area contributed by atoms with Crippen molar-refractivity contribution in [2.75, 3.05) is 7.11 Å². The first kappa shape index (κ1) is 16.8. The molecule has 1 amide bonds. The maximum atomic E-state index is 12.3. The predicted octanol–water partition coefficient (Wildman–Crippen LogP) is 1.61. The van der Waals surface area contributed by atoms with E-state index < -0.39 is 11.1 Å². The third-order valence-corrected chi connectivity index (χ3v) is 4.54. The lowest BCUT2D eigenvalue weighted by molar-refractivity contribution is -0.141. The zero-order chi connectivity index (χ0) is 15.4. The van der Waals surface area contributed by atoms with Crippen molar-refractivity contribution in [1.29, 1.82) is 0 Å². The zero-order valence-electron chi connectivity index (χ0n) is 12.9. The third kappa shape index (κ3) is 3.42. The van der Waals surface area contributed by atoms with Crippen molar-refractivity contribution in [3.63, 3.8) is 0 Å². The molecule has 1 aliphatic carbocycles. The minimum atomic E-state index is -0.940. The molecular weight excluding hydrogens is 258 g/mol. The maximum absolute atomic E-state index is 12.3. The van der Waals surface area contributed by atoms with E-state index in [2.05, 4.69) is 17.4 Å². The molecule has 0 saturated heterocycles. The molecule has 0 aliphatic heterocycles. The lowest BCUT2D eigenvalue weighted by Gasteiger charge is -2.41. The van der Waals surface area contributed by atoms with Crippen LogP contribution in [0, 0.1) is 5.92 Å². The molecule has 1 rings (SSSR count). The van der Waals surface area contributed by atoms with Gasteiger partial charge in [0.25, 0.3) is 5.91 Å². The highest BCUT2D eigenvalue weighted by Gasteiger charge is 2.43. The van der Waals surface area contributed by atoms with E-state index in [4.69, 9.17) is 15.7 Å². The van der Waals surface area contributed by atoms with Gasteiger partial charge in [-0.1, -0.05) is 18.5 Å². The van der Waals surface area contributed by atoms with E-state index >= 15 is 0 Å². The summed E-state index contributed by atoms with van der Waals surface area (Å²) in [5, 5.41) is 15.1. The predicted molar refractivity (Wildman–Crippen MR) is 77.6 cm³/mol. The van der Waals surface area contributed by atoms with Gasteiger partial charge in [0.05, 0.1) is 0 Å². The summed E-state index contributed by atoms with van der Waals surface area (Å²) in [6, 6.07) is 0. The Kier molecular flexibility index (Phi) is 5.39. The molecule has 0 aromatic rings. The van der Waals surface area contributed by atoms with Crippen molar-refractivity contribution in [2.24, 2.45) is 16.8 Å². The van der Waals surface area contributed by atoms with Gasteiger partial charge in [0, 0.05) is 7.11 Å². The first-order valence-corrected chi connectivity index (χ1v) is 7.17. The number of oxime groups is 1. The number of hydrogen-bond acceptors (Lipinski definition) is 4. The second-order valence-electron chi connectivity index (χ2n) is 6.09. The summed E-state index contributed by atoms with van der Waals surface area (Å²) in [6.07, 6.45) is 4.41.